The summed E-state index contributed by atoms with van der Waals surface area (Å²) in [5.41, 5.74) is 7.19. The molecule has 0 saturated carbocycles. The Morgan fingerprint density at radius 2 is 1.87 bits per heavy atom. The molecule has 1 atom stereocenters. The smallest absolute Gasteiger partial charge is 0.00489 e. The third-order valence-electron chi connectivity index (χ3n) is 2.95. The van der Waals surface area contributed by atoms with Crippen molar-refractivity contribution in [1.82, 2.24) is 0 Å². The van der Waals surface area contributed by atoms with Gasteiger partial charge in [0, 0.05) is 0 Å². The van der Waals surface area contributed by atoms with Crippen LogP contribution in [-0.4, -0.2) is 6.54 Å². The van der Waals surface area contributed by atoms with E-state index in [0.29, 0.717) is 0 Å². The predicted octanol–water partition coefficient (Wildman–Crippen LogP) is 3.38. The standard InChI is InChI=1S/C14H23N/c1-2-7-14(12-15)11-6-10-13-8-4-3-5-9-13/h3-5,8-9,14H,2,6-7,10-12,15H2,1H3. The highest BCUT2D eigenvalue weighted by Crippen LogP contribution is 2.14. The Kier molecular flexibility index (Phi) is 6.10. The van der Waals surface area contributed by atoms with Crippen LogP contribution in [0.1, 0.15) is 38.2 Å². The molecular formula is C14H23N. The number of aryl methyl sites for hydroxylation is 1. The third kappa shape index (κ3) is 4.98. The summed E-state index contributed by atoms with van der Waals surface area (Å²) >= 11 is 0. The molecule has 0 aliphatic heterocycles. The largest absolute Gasteiger partial charge is 0.330 e. The molecule has 2 N–H and O–H groups in total. The number of benzene rings is 1. The van der Waals surface area contributed by atoms with Gasteiger partial charge < -0.3 is 5.73 Å². The first-order chi connectivity index (χ1) is 7.36. The molecule has 0 fully saturated rings. The number of nitrogens with two attached hydrogens (primary N) is 1. The third-order valence-corrected chi connectivity index (χ3v) is 2.95. The van der Waals surface area contributed by atoms with Crippen LogP contribution in [0.4, 0.5) is 0 Å². The van der Waals surface area contributed by atoms with Crippen molar-refractivity contribution in [3.8, 4) is 0 Å². The van der Waals surface area contributed by atoms with E-state index in [1.165, 1.54) is 37.7 Å². The van der Waals surface area contributed by atoms with Gasteiger partial charge in [0.1, 0.15) is 0 Å². The summed E-state index contributed by atoms with van der Waals surface area (Å²) in [5, 5.41) is 0. The Morgan fingerprint density at radius 1 is 1.13 bits per heavy atom. The molecule has 0 amide bonds. The van der Waals surface area contributed by atoms with Crippen LogP contribution in [-0.2, 0) is 6.42 Å². The van der Waals surface area contributed by atoms with Crippen molar-refractivity contribution in [3.63, 3.8) is 0 Å². The van der Waals surface area contributed by atoms with E-state index in [4.69, 9.17) is 5.73 Å². The SMILES string of the molecule is CCCC(CN)CCCc1ccccc1. The first-order valence-electron chi connectivity index (χ1n) is 6.10. The molecule has 1 rings (SSSR count). The molecule has 0 aliphatic carbocycles. The molecular weight excluding hydrogens is 182 g/mol. The molecule has 1 heteroatoms. The highest BCUT2D eigenvalue weighted by Gasteiger charge is 2.04. The van der Waals surface area contributed by atoms with Crippen LogP contribution in [0.3, 0.4) is 0 Å². The molecule has 15 heavy (non-hydrogen) atoms. The molecule has 0 saturated heterocycles. The summed E-state index contributed by atoms with van der Waals surface area (Å²) in [7, 11) is 0. The molecule has 0 heterocycles. The minimum absolute atomic E-state index is 0.735. The Hall–Kier alpha value is -0.820. The van der Waals surface area contributed by atoms with Crippen LogP contribution < -0.4 is 5.73 Å². The Balaban J connectivity index is 2.20. The average Bonchev–Trinajstić information content (AvgIpc) is 2.29. The van der Waals surface area contributed by atoms with Gasteiger partial charge in [-0.2, -0.15) is 0 Å². The fourth-order valence-electron chi connectivity index (χ4n) is 2.03. The van der Waals surface area contributed by atoms with E-state index in [-0.39, 0.29) is 0 Å². The van der Waals surface area contributed by atoms with Gasteiger partial charge in [-0.05, 0) is 43.7 Å². The van der Waals surface area contributed by atoms with Gasteiger partial charge in [-0.25, -0.2) is 0 Å². The summed E-state index contributed by atoms with van der Waals surface area (Å²) in [6.07, 6.45) is 6.28. The summed E-state index contributed by atoms with van der Waals surface area (Å²) in [4.78, 5) is 0. The molecule has 1 nitrogen and oxygen atoms in total. The summed E-state index contributed by atoms with van der Waals surface area (Å²) in [5.74, 6) is 0.735. The maximum atomic E-state index is 5.74. The molecule has 0 spiro atoms. The maximum absolute atomic E-state index is 5.74. The molecule has 0 bridgehead atoms. The second-order valence-electron chi connectivity index (χ2n) is 4.27. The fraction of sp³-hybridized carbons (Fsp3) is 0.571. The minimum atomic E-state index is 0.735. The second kappa shape index (κ2) is 7.47. The molecule has 84 valence electrons. The molecule has 0 radical (unpaired) electrons. The average molecular weight is 205 g/mol. The van der Waals surface area contributed by atoms with Gasteiger partial charge in [0.25, 0.3) is 0 Å². The summed E-state index contributed by atoms with van der Waals surface area (Å²) < 4.78 is 0. The normalized spacial score (nSPS) is 12.7. The zero-order valence-corrected chi connectivity index (χ0v) is 9.78. The minimum Gasteiger partial charge on any atom is -0.330 e. The van der Waals surface area contributed by atoms with Crippen molar-refractivity contribution in [3.05, 3.63) is 35.9 Å². The summed E-state index contributed by atoms with van der Waals surface area (Å²) in [6, 6.07) is 10.7. The van der Waals surface area contributed by atoms with Crippen molar-refractivity contribution in [2.45, 2.75) is 39.0 Å². The number of hydrogen-bond acceptors (Lipinski definition) is 1. The van der Waals surface area contributed by atoms with Crippen molar-refractivity contribution < 1.29 is 0 Å². The van der Waals surface area contributed by atoms with Crippen LogP contribution in [0.25, 0.3) is 0 Å². The lowest BCUT2D eigenvalue weighted by molar-refractivity contribution is 0.441. The Morgan fingerprint density at radius 3 is 2.47 bits per heavy atom. The number of rotatable bonds is 7. The lowest BCUT2D eigenvalue weighted by Crippen LogP contribution is -2.14. The lowest BCUT2D eigenvalue weighted by atomic mass is 9.96. The van der Waals surface area contributed by atoms with Crippen LogP contribution >= 0.6 is 0 Å². The molecule has 1 unspecified atom stereocenters. The zero-order valence-electron chi connectivity index (χ0n) is 9.78. The van der Waals surface area contributed by atoms with E-state index < -0.39 is 0 Å². The topological polar surface area (TPSA) is 26.0 Å². The van der Waals surface area contributed by atoms with Crippen molar-refractivity contribution >= 4 is 0 Å². The quantitative estimate of drug-likeness (QED) is 0.725. The zero-order chi connectivity index (χ0) is 10.9. The van der Waals surface area contributed by atoms with Crippen LogP contribution in [0.15, 0.2) is 30.3 Å². The van der Waals surface area contributed by atoms with Gasteiger partial charge >= 0.3 is 0 Å². The van der Waals surface area contributed by atoms with E-state index in [1.54, 1.807) is 0 Å². The van der Waals surface area contributed by atoms with Gasteiger partial charge in [-0.15, -0.1) is 0 Å². The first-order valence-corrected chi connectivity index (χ1v) is 6.10. The lowest BCUT2D eigenvalue weighted by Gasteiger charge is -2.12. The Labute approximate surface area is 93.7 Å². The molecule has 1 aromatic rings. The maximum Gasteiger partial charge on any atom is -0.00489 e. The summed E-state index contributed by atoms with van der Waals surface area (Å²) in [6.45, 7) is 3.09. The van der Waals surface area contributed by atoms with E-state index in [0.717, 1.165) is 12.5 Å². The van der Waals surface area contributed by atoms with Gasteiger partial charge in [-0.3, -0.25) is 0 Å². The van der Waals surface area contributed by atoms with E-state index in [9.17, 15) is 0 Å². The molecule has 0 aromatic heterocycles. The first kappa shape index (κ1) is 12.3. The van der Waals surface area contributed by atoms with E-state index in [2.05, 4.69) is 37.3 Å². The Bertz CT molecular complexity index is 243. The van der Waals surface area contributed by atoms with Crippen LogP contribution in [0, 0.1) is 5.92 Å². The molecule has 0 aliphatic rings. The highest BCUT2D eigenvalue weighted by atomic mass is 14.5. The van der Waals surface area contributed by atoms with E-state index in [1.807, 2.05) is 0 Å². The van der Waals surface area contributed by atoms with Gasteiger partial charge in [-0.1, -0.05) is 43.7 Å². The van der Waals surface area contributed by atoms with Crippen molar-refractivity contribution in [2.75, 3.05) is 6.54 Å². The van der Waals surface area contributed by atoms with Gasteiger partial charge in [0.15, 0.2) is 0 Å². The number of hydrogen-bond donors (Lipinski definition) is 1. The van der Waals surface area contributed by atoms with Crippen molar-refractivity contribution in [2.24, 2.45) is 11.7 Å². The predicted molar refractivity (Wildman–Crippen MR) is 66.8 cm³/mol. The highest BCUT2D eigenvalue weighted by molar-refractivity contribution is 5.14. The van der Waals surface area contributed by atoms with Gasteiger partial charge in [0.05, 0.1) is 0 Å². The second-order valence-corrected chi connectivity index (χ2v) is 4.27. The van der Waals surface area contributed by atoms with Crippen LogP contribution in [0.5, 0.6) is 0 Å². The van der Waals surface area contributed by atoms with Gasteiger partial charge in [0.2, 0.25) is 0 Å². The van der Waals surface area contributed by atoms with E-state index >= 15 is 0 Å². The molecule has 1 aromatic carbocycles. The monoisotopic (exact) mass is 205 g/mol. The van der Waals surface area contributed by atoms with Crippen LogP contribution in [0.2, 0.25) is 0 Å². The fourth-order valence-corrected chi connectivity index (χ4v) is 2.03. The van der Waals surface area contributed by atoms with Crippen molar-refractivity contribution in [1.29, 1.82) is 0 Å².